The van der Waals surface area contributed by atoms with Gasteiger partial charge in [0.05, 0.1) is 12.7 Å². The Morgan fingerprint density at radius 1 is 1.14 bits per heavy atom. The summed E-state index contributed by atoms with van der Waals surface area (Å²) in [5.74, 6) is 0.219. The SMILES string of the molecule is COc1cccc(C(N)=NOC(=O)c2ccc(C)cc2C)c1. The minimum Gasteiger partial charge on any atom is -0.497 e. The Hall–Kier alpha value is -2.82. The molecule has 2 N–H and O–H groups in total. The third-order valence-electron chi connectivity index (χ3n) is 3.19. The summed E-state index contributed by atoms with van der Waals surface area (Å²) in [6.07, 6.45) is 0. The standard InChI is InChI=1S/C17H18N2O3/c1-11-7-8-15(12(2)9-11)17(20)22-19-16(18)13-5-4-6-14(10-13)21-3/h4-10H,1-3H3,(H2,18,19). The molecule has 0 aliphatic carbocycles. The highest BCUT2D eigenvalue weighted by atomic mass is 16.7. The summed E-state index contributed by atoms with van der Waals surface area (Å²) >= 11 is 0. The van der Waals surface area contributed by atoms with Gasteiger partial charge in [-0.25, -0.2) is 4.79 Å². The first-order valence-electron chi connectivity index (χ1n) is 6.77. The van der Waals surface area contributed by atoms with Crippen molar-refractivity contribution in [3.63, 3.8) is 0 Å². The van der Waals surface area contributed by atoms with E-state index in [0.29, 0.717) is 16.9 Å². The molecule has 114 valence electrons. The third kappa shape index (κ3) is 3.63. The first-order valence-corrected chi connectivity index (χ1v) is 6.77. The van der Waals surface area contributed by atoms with Crippen LogP contribution >= 0.6 is 0 Å². The van der Waals surface area contributed by atoms with Crippen LogP contribution in [0, 0.1) is 13.8 Å². The van der Waals surface area contributed by atoms with Crippen molar-refractivity contribution in [2.45, 2.75) is 13.8 Å². The smallest absolute Gasteiger partial charge is 0.366 e. The molecule has 0 bridgehead atoms. The van der Waals surface area contributed by atoms with Crippen molar-refractivity contribution in [3.05, 3.63) is 64.7 Å². The van der Waals surface area contributed by atoms with Gasteiger partial charge in [0.2, 0.25) is 0 Å². The van der Waals surface area contributed by atoms with Crippen LogP contribution in [0.3, 0.4) is 0 Å². The number of aryl methyl sites for hydroxylation is 2. The second-order valence-corrected chi connectivity index (χ2v) is 4.91. The Kier molecular flexibility index (Phi) is 4.78. The number of rotatable bonds is 4. The first-order chi connectivity index (χ1) is 10.5. The summed E-state index contributed by atoms with van der Waals surface area (Å²) in [4.78, 5) is 16.9. The van der Waals surface area contributed by atoms with Crippen molar-refractivity contribution in [1.82, 2.24) is 0 Å². The summed E-state index contributed by atoms with van der Waals surface area (Å²) < 4.78 is 5.11. The molecule has 0 aliphatic heterocycles. The zero-order valence-corrected chi connectivity index (χ0v) is 12.8. The highest BCUT2D eigenvalue weighted by molar-refractivity contribution is 5.98. The van der Waals surface area contributed by atoms with E-state index in [9.17, 15) is 4.79 Å². The van der Waals surface area contributed by atoms with Gasteiger partial charge in [-0.15, -0.1) is 0 Å². The van der Waals surface area contributed by atoms with Crippen molar-refractivity contribution in [1.29, 1.82) is 0 Å². The van der Waals surface area contributed by atoms with Crippen LogP contribution in [0.25, 0.3) is 0 Å². The number of ether oxygens (including phenoxy) is 1. The van der Waals surface area contributed by atoms with E-state index < -0.39 is 5.97 Å². The van der Waals surface area contributed by atoms with Crippen LogP contribution < -0.4 is 10.5 Å². The van der Waals surface area contributed by atoms with Gasteiger partial charge in [-0.05, 0) is 37.6 Å². The average Bonchev–Trinajstić information content (AvgIpc) is 2.52. The minimum atomic E-state index is -0.539. The number of hydrogen-bond acceptors (Lipinski definition) is 4. The van der Waals surface area contributed by atoms with E-state index in [4.69, 9.17) is 15.3 Å². The molecule has 22 heavy (non-hydrogen) atoms. The number of hydrogen-bond donors (Lipinski definition) is 1. The maximum atomic E-state index is 12.0. The van der Waals surface area contributed by atoms with Crippen LogP contribution in [0.15, 0.2) is 47.6 Å². The molecular formula is C17H18N2O3. The van der Waals surface area contributed by atoms with Gasteiger partial charge in [0.1, 0.15) is 5.75 Å². The van der Waals surface area contributed by atoms with Crippen molar-refractivity contribution in [2.24, 2.45) is 10.9 Å². The van der Waals surface area contributed by atoms with Gasteiger partial charge in [-0.3, -0.25) is 0 Å². The summed E-state index contributed by atoms with van der Waals surface area (Å²) in [6, 6.07) is 12.5. The van der Waals surface area contributed by atoms with Crippen LogP contribution in [0.4, 0.5) is 0 Å². The highest BCUT2D eigenvalue weighted by Gasteiger charge is 2.11. The fourth-order valence-electron chi connectivity index (χ4n) is 2.02. The Morgan fingerprint density at radius 3 is 2.59 bits per heavy atom. The van der Waals surface area contributed by atoms with Crippen molar-refractivity contribution in [2.75, 3.05) is 7.11 Å². The fraction of sp³-hybridized carbons (Fsp3) is 0.176. The van der Waals surface area contributed by atoms with Gasteiger partial charge in [0.15, 0.2) is 5.84 Å². The number of amidine groups is 1. The molecule has 0 saturated carbocycles. The third-order valence-corrected chi connectivity index (χ3v) is 3.19. The zero-order chi connectivity index (χ0) is 16.1. The molecule has 5 nitrogen and oxygen atoms in total. The normalized spacial score (nSPS) is 11.1. The van der Waals surface area contributed by atoms with E-state index in [1.807, 2.05) is 26.0 Å². The van der Waals surface area contributed by atoms with Crippen LogP contribution in [0.5, 0.6) is 5.75 Å². The summed E-state index contributed by atoms with van der Waals surface area (Å²) in [5.41, 5.74) is 8.82. The molecule has 2 aromatic rings. The van der Waals surface area contributed by atoms with Crippen LogP contribution in [0.1, 0.15) is 27.0 Å². The maximum Gasteiger partial charge on any atom is 0.366 e. The number of benzene rings is 2. The largest absolute Gasteiger partial charge is 0.497 e. The molecule has 0 saturated heterocycles. The molecule has 2 aromatic carbocycles. The number of nitrogens with zero attached hydrogens (tertiary/aromatic N) is 1. The lowest BCUT2D eigenvalue weighted by molar-refractivity contribution is 0.0515. The average molecular weight is 298 g/mol. The van der Waals surface area contributed by atoms with Gasteiger partial charge < -0.3 is 15.3 Å². The molecule has 0 fully saturated rings. The lowest BCUT2D eigenvalue weighted by Gasteiger charge is -2.05. The molecular weight excluding hydrogens is 280 g/mol. The van der Waals surface area contributed by atoms with E-state index >= 15 is 0 Å². The van der Waals surface area contributed by atoms with E-state index in [2.05, 4.69) is 5.16 Å². The van der Waals surface area contributed by atoms with Gasteiger partial charge >= 0.3 is 5.97 Å². The number of carbonyl (C=O) groups is 1. The quantitative estimate of drug-likeness (QED) is 0.407. The Balaban J connectivity index is 2.14. The zero-order valence-electron chi connectivity index (χ0n) is 12.8. The molecule has 0 radical (unpaired) electrons. The lowest BCUT2D eigenvalue weighted by Crippen LogP contribution is -2.15. The van der Waals surface area contributed by atoms with E-state index in [-0.39, 0.29) is 5.84 Å². The minimum absolute atomic E-state index is 0.108. The Labute approximate surface area is 129 Å². The van der Waals surface area contributed by atoms with Crippen molar-refractivity contribution >= 4 is 11.8 Å². The highest BCUT2D eigenvalue weighted by Crippen LogP contribution is 2.14. The molecule has 5 heteroatoms. The van der Waals surface area contributed by atoms with Crippen LogP contribution in [-0.4, -0.2) is 18.9 Å². The summed E-state index contributed by atoms with van der Waals surface area (Å²) in [7, 11) is 1.56. The second kappa shape index (κ2) is 6.76. The molecule has 0 aliphatic rings. The van der Waals surface area contributed by atoms with Gasteiger partial charge in [0, 0.05) is 5.56 Å². The fourth-order valence-corrected chi connectivity index (χ4v) is 2.02. The van der Waals surface area contributed by atoms with Gasteiger partial charge in [-0.2, -0.15) is 0 Å². The molecule has 0 spiro atoms. The molecule has 2 rings (SSSR count). The second-order valence-electron chi connectivity index (χ2n) is 4.91. The predicted molar refractivity (Wildman–Crippen MR) is 85.0 cm³/mol. The molecule has 0 atom stereocenters. The predicted octanol–water partition coefficient (Wildman–Crippen LogP) is 2.79. The Bertz CT molecular complexity index is 724. The van der Waals surface area contributed by atoms with Crippen LogP contribution in [-0.2, 0) is 4.84 Å². The monoisotopic (exact) mass is 298 g/mol. The summed E-state index contributed by atoms with van der Waals surface area (Å²) in [6.45, 7) is 3.81. The van der Waals surface area contributed by atoms with Crippen molar-refractivity contribution in [3.8, 4) is 5.75 Å². The number of carbonyl (C=O) groups excluding carboxylic acids is 1. The Morgan fingerprint density at radius 2 is 1.91 bits per heavy atom. The number of nitrogens with two attached hydrogens (primary N) is 1. The number of oxime groups is 1. The lowest BCUT2D eigenvalue weighted by atomic mass is 10.1. The van der Waals surface area contributed by atoms with Gasteiger partial charge in [0.25, 0.3) is 0 Å². The molecule has 0 amide bonds. The maximum absolute atomic E-state index is 12.0. The number of methoxy groups -OCH3 is 1. The first kappa shape index (κ1) is 15.6. The van der Waals surface area contributed by atoms with E-state index in [1.54, 1.807) is 37.4 Å². The van der Waals surface area contributed by atoms with Gasteiger partial charge in [-0.1, -0.05) is 35.0 Å². The topological polar surface area (TPSA) is 73.9 Å². The van der Waals surface area contributed by atoms with E-state index in [1.165, 1.54) is 0 Å². The molecule has 0 aromatic heterocycles. The molecule has 0 heterocycles. The van der Waals surface area contributed by atoms with Crippen LogP contribution in [0.2, 0.25) is 0 Å². The summed E-state index contributed by atoms with van der Waals surface area (Å²) in [5, 5.41) is 3.70. The molecule has 0 unspecified atom stereocenters. The van der Waals surface area contributed by atoms with Crippen molar-refractivity contribution < 1.29 is 14.4 Å². The van der Waals surface area contributed by atoms with E-state index in [0.717, 1.165) is 11.1 Å².